The van der Waals surface area contributed by atoms with E-state index in [1.165, 1.54) is 20.3 Å². The van der Waals surface area contributed by atoms with Gasteiger partial charge in [-0.25, -0.2) is 0 Å². The highest BCUT2D eigenvalue weighted by atomic mass is 19.3. The summed E-state index contributed by atoms with van der Waals surface area (Å²) in [6, 6.07) is 4.74. The van der Waals surface area contributed by atoms with Crippen LogP contribution in [0, 0.1) is 0 Å². The number of halogens is 2. The summed E-state index contributed by atoms with van der Waals surface area (Å²) in [4.78, 5) is 10.9. The third-order valence-corrected chi connectivity index (χ3v) is 2.51. The van der Waals surface area contributed by atoms with Gasteiger partial charge < -0.3 is 19.5 Å². The number of nitrogens with one attached hydrogen (secondary N) is 1. The Bertz CT molecular complexity index is 440. The Balaban J connectivity index is 2.55. The fourth-order valence-electron chi connectivity index (χ4n) is 1.54. The normalized spacial score (nSPS) is 10.4. The molecule has 0 bridgehead atoms. The second-order valence-corrected chi connectivity index (χ2v) is 3.87. The number of rotatable bonds is 8. The van der Waals surface area contributed by atoms with Crippen LogP contribution in [0.2, 0.25) is 0 Å². The SMILES string of the molecule is COC(=O)CCNCc1ccc(OC)c(OC(F)F)c1. The second-order valence-electron chi connectivity index (χ2n) is 3.87. The first-order chi connectivity index (χ1) is 9.56. The summed E-state index contributed by atoms with van der Waals surface area (Å²) in [7, 11) is 2.70. The molecule has 20 heavy (non-hydrogen) atoms. The van der Waals surface area contributed by atoms with Gasteiger partial charge in [-0.3, -0.25) is 4.79 Å². The van der Waals surface area contributed by atoms with Gasteiger partial charge in [0, 0.05) is 13.1 Å². The van der Waals surface area contributed by atoms with Gasteiger partial charge >= 0.3 is 12.6 Å². The van der Waals surface area contributed by atoms with Crippen molar-refractivity contribution < 1.29 is 27.8 Å². The third-order valence-electron chi connectivity index (χ3n) is 2.51. The minimum atomic E-state index is -2.91. The Morgan fingerprint density at radius 3 is 2.65 bits per heavy atom. The van der Waals surface area contributed by atoms with Crippen molar-refractivity contribution in [2.75, 3.05) is 20.8 Å². The van der Waals surface area contributed by atoms with Crippen molar-refractivity contribution in [2.45, 2.75) is 19.6 Å². The highest BCUT2D eigenvalue weighted by Crippen LogP contribution is 2.29. The number of hydrogen-bond acceptors (Lipinski definition) is 5. The Kier molecular flexibility index (Phi) is 6.72. The summed E-state index contributed by atoms with van der Waals surface area (Å²) in [6.07, 6.45) is 0.243. The van der Waals surface area contributed by atoms with Crippen LogP contribution in [-0.4, -0.2) is 33.3 Å². The molecule has 0 saturated heterocycles. The molecule has 1 N–H and O–H groups in total. The average Bonchev–Trinajstić information content (AvgIpc) is 2.43. The van der Waals surface area contributed by atoms with Gasteiger partial charge in [0.1, 0.15) is 0 Å². The fraction of sp³-hybridized carbons (Fsp3) is 0.462. The fourth-order valence-corrected chi connectivity index (χ4v) is 1.54. The molecular weight excluding hydrogens is 272 g/mol. The molecule has 0 unspecified atom stereocenters. The van der Waals surface area contributed by atoms with Gasteiger partial charge in [0.15, 0.2) is 11.5 Å². The molecule has 0 radical (unpaired) electrons. The summed E-state index contributed by atoms with van der Waals surface area (Å²) < 4.78 is 38.3. The number of esters is 1. The van der Waals surface area contributed by atoms with E-state index in [0.29, 0.717) is 13.1 Å². The third kappa shape index (κ3) is 5.40. The highest BCUT2D eigenvalue weighted by molar-refractivity contribution is 5.69. The van der Waals surface area contributed by atoms with Crippen LogP contribution >= 0.6 is 0 Å². The number of ether oxygens (including phenoxy) is 3. The molecule has 0 aliphatic heterocycles. The molecule has 0 spiro atoms. The summed E-state index contributed by atoms with van der Waals surface area (Å²) in [6.45, 7) is -2.06. The molecule has 0 heterocycles. The molecule has 7 heteroatoms. The largest absolute Gasteiger partial charge is 0.493 e. The van der Waals surface area contributed by atoms with E-state index >= 15 is 0 Å². The molecule has 1 aromatic rings. The predicted octanol–water partition coefficient (Wildman–Crippen LogP) is 1.95. The average molecular weight is 289 g/mol. The number of alkyl halides is 2. The zero-order chi connectivity index (χ0) is 15.0. The lowest BCUT2D eigenvalue weighted by atomic mass is 10.2. The van der Waals surface area contributed by atoms with E-state index in [1.54, 1.807) is 12.1 Å². The quantitative estimate of drug-likeness (QED) is 0.585. The minimum absolute atomic E-state index is 0.0187. The number of carbonyl (C=O) groups excluding carboxylic acids is 1. The van der Waals surface area contributed by atoms with Gasteiger partial charge in [0.05, 0.1) is 20.6 Å². The van der Waals surface area contributed by atoms with E-state index in [4.69, 9.17) is 4.74 Å². The first kappa shape index (κ1) is 16.2. The predicted molar refractivity (Wildman–Crippen MR) is 68.0 cm³/mol. The second kappa shape index (κ2) is 8.31. The molecular formula is C13H17F2NO4. The van der Waals surface area contributed by atoms with Crippen LogP contribution in [0.1, 0.15) is 12.0 Å². The molecule has 1 rings (SSSR count). The Morgan fingerprint density at radius 1 is 1.30 bits per heavy atom. The van der Waals surface area contributed by atoms with Crippen LogP contribution in [-0.2, 0) is 16.1 Å². The number of carbonyl (C=O) groups is 1. The molecule has 1 aromatic carbocycles. The molecule has 112 valence electrons. The molecule has 0 aromatic heterocycles. The summed E-state index contributed by atoms with van der Waals surface area (Å²) in [5.74, 6) is -0.0904. The molecule has 0 atom stereocenters. The smallest absolute Gasteiger partial charge is 0.387 e. The molecule has 5 nitrogen and oxygen atoms in total. The van der Waals surface area contributed by atoms with Crippen molar-refractivity contribution in [3.63, 3.8) is 0 Å². The first-order valence-corrected chi connectivity index (χ1v) is 5.96. The van der Waals surface area contributed by atoms with Gasteiger partial charge in [-0.15, -0.1) is 0 Å². The highest BCUT2D eigenvalue weighted by Gasteiger charge is 2.11. The minimum Gasteiger partial charge on any atom is -0.493 e. The van der Waals surface area contributed by atoms with Crippen molar-refractivity contribution in [3.8, 4) is 11.5 Å². The Labute approximate surface area is 115 Å². The summed E-state index contributed by atoms with van der Waals surface area (Å²) in [5.41, 5.74) is 0.742. The van der Waals surface area contributed by atoms with E-state index in [9.17, 15) is 13.6 Å². The van der Waals surface area contributed by atoms with Crippen molar-refractivity contribution in [2.24, 2.45) is 0 Å². The molecule has 0 fully saturated rings. The Morgan fingerprint density at radius 2 is 2.05 bits per heavy atom. The van der Waals surface area contributed by atoms with Gasteiger partial charge in [0.2, 0.25) is 0 Å². The van der Waals surface area contributed by atoms with Crippen molar-refractivity contribution in [3.05, 3.63) is 23.8 Å². The number of benzene rings is 1. The summed E-state index contributed by atoms with van der Waals surface area (Å²) >= 11 is 0. The zero-order valence-electron chi connectivity index (χ0n) is 11.3. The Hall–Kier alpha value is -1.89. The van der Waals surface area contributed by atoms with Crippen LogP contribution in [0.4, 0.5) is 8.78 Å². The van der Waals surface area contributed by atoms with E-state index < -0.39 is 6.61 Å². The van der Waals surface area contributed by atoms with Crippen molar-refractivity contribution in [1.82, 2.24) is 5.32 Å². The van der Waals surface area contributed by atoms with Crippen LogP contribution in [0.15, 0.2) is 18.2 Å². The maximum atomic E-state index is 12.3. The van der Waals surface area contributed by atoms with Crippen molar-refractivity contribution in [1.29, 1.82) is 0 Å². The monoisotopic (exact) mass is 289 g/mol. The molecule has 0 aliphatic rings. The van der Waals surface area contributed by atoms with Crippen LogP contribution in [0.5, 0.6) is 11.5 Å². The van der Waals surface area contributed by atoms with Gasteiger partial charge in [-0.2, -0.15) is 8.78 Å². The lowest BCUT2D eigenvalue weighted by Gasteiger charge is -2.12. The molecule has 0 aliphatic carbocycles. The molecule has 0 saturated carbocycles. The van der Waals surface area contributed by atoms with E-state index in [2.05, 4.69) is 14.8 Å². The maximum Gasteiger partial charge on any atom is 0.387 e. The lowest BCUT2D eigenvalue weighted by Crippen LogP contribution is -2.18. The van der Waals surface area contributed by atoms with E-state index in [1.807, 2.05) is 0 Å². The summed E-state index contributed by atoms with van der Waals surface area (Å²) in [5, 5.41) is 3.00. The van der Waals surface area contributed by atoms with E-state index in [0.717, 1.165) is 5.56 Å². The number of methoxy groups -OCH3 is 2. The maximum absolute atomic E-state index is 12.3. The van der Waals surface area contributed by atoms with Crippen molar-refractivity contribution >= 4 is 5.97 Å². The van der Waals surface area contributed by atoms with Gasteiger partial charge in [-0.1, -0.05) is 6.07 Å². The lowest BCUT2D eigenvalue weighted by molar-refractivity contribution is -0.140. The molecule has 0 amide bonds. The van der Waals surface area contributed by atoms with Crippen LogP contribution in [0.3, 0.4) is 0 Å². The van der Waals surface area contributed by atoms with Crippen LogP contribution in [0.25, 0.3) is 0 Å². The zero-order valence-corrected chi connectivity index (χ0v) is 11.3. The van der Waals surface area contributed by atoms with Crippen LogP contribution < -0.4 is 14.8 Å². The standard InChI is InChI=1S/C13H17F2NO4/c1-18-10-4-3-9(7-11(10)20-13(14)15)8-16-6-5-12(17)19-2/h3-4,7,13,16H,5-6,8H2,1-2H3. The van der Waals surface area contributed by atoms with Gasteiger partial charge in [-0.05, 0) is 17.7 Å². The van der Waals surface area contributed by atoms with Gasteiger partial charge in [0.25, 0.3) is 0 Å². The topological polar surface area (TPSA) is 56.8 Å². The van der Waals surface area contributed by atoms with E-state index in [-0.39, 0.29) is 23.9 Å². The first-order valence-electron chi connectivity index (χ1n) is 5.96. The number of hydrogen-bond donors (Lipinski definition) is 1.